The SMILES string of the molecule is Cc1cc(=O)n(CC(O)c2ccc3c(c2)OCCO3)cn1. The van der Waals surface area contributed by atoms with Crippen LogP contribution in [-0.4, -0.2) is 27.9 Å². The topological polar surface area (TPSA) is 73.6 Å². The lowest BCUT2D eigenvalue weighted by Gasteiger charge is -2.20. The van der Waals surface area contributed by atoms with Crippen LogP contribution in [0, 0.1) is 6.92 Å². The first-order valence-electron chi connectivity index (χ1n) is 6.74. The maximum atomic E-state index is 11.8. The second-order valence-electron chi connectivity index (χ2n) is 4.94. The highest BCUT2D eigenvalue weighted by Crippen LogP contribution is 2.32. The van der Waals surface area contributed by atoms with Gasteiger partial charge in [-0.25, -0.2) is 4.98 Å². The molecule has 1 aromatic heterocycles. The Morgan fingerprint density at radius 1 is 1.29 bits per heavy atom. The molecule has 3 rings (SSSR count). The minimum absolute atomic E-state index is 0.145. The molecule has 21 heavy (non-hydrogen) atoms. The third-order valence-electron chi connectivity index (χ3n) is 3.34. The van der Waals surface area contributed by atoms with Crippen LogP contribution in [0.5, 0.6) is 11.5 Å². The standard InChI is InChI=1S/C15H16N2O4/c1-10-6-15(19)17(9-16-10)8-12(18)11-2-3-13-14(7-11)21-5-4-20-13/h2-3,6-7,9,12,18H,4-5,8H2,1H3. The van der Waals surface area contributed by atoms with Gasteiger partial charge in [-0.2, -0.15) is 0 Å². The lowest BCUT2D eigenvalue weighted by atomic mass is 10.1. The molecule has 0 aliphatic carbocycles. The van der Waals surface area contributed by atoms with Gasteiger partial charge in [0.2, 0.25) is 0 Å². The van der Waals surface area contributed by atoms with Crippen LogP contribution in [0.1, 0.15) is 17.4 Å². The van der Waals surface area contributed by atoms with E-state index in [9.17, 15) is 9.90 Å². The van der Waals surface area contributed by atoms with Crippen LogP contribution in [0.2, 0.25) is 0 Å². The Morgan fingerprint density at radius 2 is 2.05 bits per heavy atom. The van der Waals surface area contributed by atoms with E-state index in [0.717, 1.165) is 0 Å². The third kappa shape index (κ3) is 2.90. The van der Waals surface area contributed by atoms with Crippen molar-refractivity contribution in [1.29, 1.82) is 0 Å². The smallest absolute Gasteiger partial charge is 0.253 e. The summed E-state index contributed by atoms with van der Waals surface area (Å²) in [6.07, 6.45) is 0.627. The van der Waals surface area contributed by atoms with E-state index in [4.69, 9.17) is 9.47 Å². The maximum Gasteiger partial charge on any atom is 0.253 e. The van der Waals surface area contributed by atoms with Gasteiger partial charge in [0.15, 0.2) is 11.5 Å². The van der Waals surface area contributed by atoms with Crippen LogP contribution in [0.4, 0.5) is 0 Å². The molecular weight excluding hydrogens is 272 g/mol. The predicted molar refractivity (Wildman–Crippen MR) is 75.6 cm³/mol. The molecule has 0 spiro atoms. The Labute approximate surface area is 121 Å². The minimum Gasteiger partial charge on any atom is -0.486 e. The summed E-state index contributed by atoms with van der Waals surface area (Å²) in [5, 5.41) is 10.3. The van der Waals surface area contributed by atoms with E-state index in [1.165, 1.54) is 17.0 Å². The molecule has 0 bridgehead atoms. The Bertz CT molecular complexity index is 711. The fraction of sp³-hybridized carbons (Fsp3) is 0.333. The number of aliphatic hydroxyl groups is 1. The average molecular weight is 288 g/mol. The summed E-state index contributed by atoms with van der Waals surface area (Å²) in [5.41, 5.74) is 1.15. The number of fused-ring (bicyclic) bond motifs is 1. The van der Waals surface area contributed by atoms with Gasteiger partial charge in [0.05, 0.1) is 19.0 Å². The number of rotatable bonds is 3. The van der Waals surface area contributed by atoms with E-state index < -0.39 is 6.10 Å². The zero-order valence-corrected chi connectivity index (χ0v) is 11.7. The van der Waals surface area contributed by atoms with E-state index >= 15 is 0 Å². The number of aliphatic hydroxyl groups excluding tert-OH is 1. The van der Waals surface area contributed by atoms with Gasteiger partial charge in [-0.05, 0) is 24.6 Å². The zero-order chi connectivity index (χ0) is 14.8. The van der Waals surface area contributed by atoms with Crippen molar-refractivity contribution in [3.63, 3.8) is 0 Å². The van der Waals surface area contributed by atoms with E-state index in [1.807, 2.05) is 0 Å². The Balaban J connectivity index is 1.82. The molecule has 2 heterocycles. The molecular formula is C15H16N2O4. The fourth-order valence-corrected chi connectivity index (χ4v) is 2.21. The highest BCUT2D eigenvalue weighted by molar-refractivity contribution is 5.44. The van der Waals surface area contributed by atoms with Crippen molar-refractivity contribution in [2.75, 3.05) is 13.2 Å². The maximum absolute atomic E-state index is 11.8. The molecule has 0 amide bonds. The van der Waals surface area contributed by atoms with Crippen molar-refractivity contribution in [2.24, 2.45) is 0 Å². The monoisotopic (exact) mass is 288 g/mol. The second-order valence-corrected chi connectivity index (χ2v) is 4.94. The molecule has 1 aromatic carbocycles. The first-order chi connectivity index (χ1) is 10.1. The van der Waals surface area contributed by atoms with Gasteiger partial charge in [0.25, 0.3) is 5.56 Å². The fourth-order valence-electron chi connectivity index (χ4n) is 2.21. The summed E-state index contributed by atoms with van der Waals surface area (Å²) in [5.74, 6) is 1.29. The highest BCUT2D eigenvalue weighted by Gasteiger charge is 2.16. The summed E-state index contributed by atoms with van der Waals surface area (Å²) in [6.45, 7) is 2.92. The summed E-state index contributed by atoms with van der Waals surface area (Å²) >= 11 is 0. The van der Waals surface area contributed by atoms with Gasteiger partial charge in [0.1, 0.15) is 13.2 Å². The zero-order valence-electron chi connectivity index (χ0n) is 11.7. The van der Waals surface area contributed by atoms with Crippen molar-refractivity contribution in [3.8, 4) is 11.5 Å². The lowest BCUT2D eigenvalue weighted by Crippen LogP contribution is -2.23. The first kappa shape index (κ1) is 13.6. The van der Waals surface area contributed by atoms with Crippen molar-refractivity contribution in [1.82, 2.24) is 9.55 Å². The third-order valence-corrected chi connectivity index (χ3v) is 3.34. The van der Waals surface area contributed by atoms with E-state index in [2.05, 4.69) is 4.98 Å². The van der Waals surface area contributed by atoms with Gasteiger partial charge in [-0.15, -0.1) is 0 Å². The molecule has 110 valence electrons. The van der Waals surface area contributed by atoms with Crippen molar-refractivity contribution < 1.29 is 14.6 Å². The molecule has 6 nitrogen and oxygen atoms in total. The summed E-state index contributed by atoms with van der Waals surface area (Å²) in [6, 6.07) is 6.72. The number of nitrogens with zero attached hydrogens (tertiary/aromatic N) is 2. The summed E-state index contributed by atoms with van der Waals surface area (Å²) in [7, 11) is 0. The molecule has 1 unspecified atom stereocenters. The van der Waals surface area contributed by atoms with Crippen LogP contribution >= 0.6 is 0 Å². The highest BCUT2D eigenvalue weighted by atomic mass is 16.6. The van der Waals surface area contributed by atoms with Crippen LogP contribution in [-0.2, 0) is 6.54 Å². The predicted octanol–water partition coefficient (Wildman–Crippen LogP) is 1.06. The molecule has 1 aliphatic rings. The molecule has 1 N–H and O–H groups in total. The Morgan fingerprint density at radius 3 is 2.81 bits per heavy atom. The van der Waals surface area contributed by atoms with E-state index in [0.29, 0.717) is 36.0 Å². The molecule has 6 heteroatoms. The largest absolute Gasteiger partial charge is 0.486 e. The van der Waals surface area contributed by atoms with Crippen molar-refractivity contribution in [2.45, 2.75) is 19.6 Å². The summed E-state index contributed by atoms with van der Waals surface area (Å²) in [4.78, 5) is 15.9. The van der Waals surface area contributed by atoms with Crippen LogP contribution in [0.25, 0.3) is 0 Å². The molecule has 0 fully saturated rings. The minimum atomic E-state index is -0.817. The van der Waals surface area contributed by atoms with Gasteiger partial charge in [0, 0.05) is 11.8 Å². The van der Waals surface area contributed by atoms with Gasteiger partial charge in [-0.3, -0.25) is 9.36 Å². The second kappa shape index (κ2) is 5.57. The number of aryl methyl sites for hydroxylation is 1. The number of ether oxygens (including phenoxy) is 2. The van der Waals surface area contributed by atoms with Crippen molar-refractivity contribution in [3.05, 3.63) is 52.2 Å². The van der Waals surface area contributed by atoms with E-state index in [1.54, 1.807) is 25.1 Å². The molecule has 0 saturated heterocycles. The molecule has 2 aromatic rings. The van der Waals surface area contributed by atoms with Crippen molar-refractivity contribution >= 4 is 0 Å². The van der Waals surface area contributed by atoms with Gasteiger partial charge >= 0.3 is 0 Å². The van der Waals surface area contributed by atoms with Crippen LogP contribution < -0.4 is 15.0 Å². The number of hydrogen-bond donors (Lipinski definition) is 1. The quantitative estimate of drug-likeness (QED) is 0.914. The Hall–Kier alpha value is -2.34. The van der Waals surface area contributed by atoms with E-state index in [-0.39, 0.29) is 12.1 Å². The average Bonchev–Trinajstić information content (AvgIpc) is 2.49. The number of aromatic nitrogens is 2. The van der Waals surface area contributed by atoms with Gasteiger partial charge < -0.3 is 14.6 Å². The summed E-state index contributed by atoms with van der Waals surface area (Å²) < 4.78 is 12.3. The normalized spacial score (nSPS) is 14.8. The molecule has 1 atom stereocenters. The van der Waals surface area contributed by atoms with Crippen LogP contribution in [0.3, 0.4) is 0 Å². The number of hydrogen-bond acceptors (Lipinski definition) is 5. The number of benzene rings is 1. The molecule has 0 radical (unpaired) electrons. The lowest BCUT2D eigenvalue weighted by molar-refractivity contribution is 0.150. The first-order valence-corrected chi connectivity index (χ1v) is 6.74. The van der Waals surface area contributed by atoms with Gasteiger partial charge in [-0.1, -0.05) is 6.07 Å². The molecule has 1 aliphatic heterocycles. The molecule has 0 saturated carbocycles. The van der Waals surface area contributed by atoms with Crippen LogP contribution in [0.15, 0.2) is 35.4 Å². The Kier molecular flexibility index (Phi) is 3.62.